The number of benzene rings is 1. The fourth-order valence-corrected chi connectivity index (χ4v) is 3.64. The van der Waals surface area contributed by atoms with Crippen molar-refractivity contribution >= 4 is 11.9 Å². The number of carbonyl (C=O) groups excluding carboxylic acids is 1. The Labute approximate surface area is 173 Å². The molecule has 7 nitrogen and oxygen atoms in total. The number of hydrogen-bond donors (Lipinski definition) is 1. The van der Waals surface area contributed by atoms with Gasteiger partial charge in [0.2, 0.25) is 5.91 Å². The molecular weight excluding hydrogens is 405 g/mol. The van der Waals surface area contributed by atoms with Gasteiger partial charge in [0, 0.05) is 25.0 Å². The van der Waals surface area contributed by atoms with Crippen LogP contribution in [0, 0.1) is 5.41 Å². The van der Waals surface area contributed by atoms with E-state index in [9.17, 15) is 18.0 Å². The molecule has 1 aromatic carbocycles. The zero-order chi connectivity index (χ0) is 22.4. The lowest BCUT2D eigenvalue weighted by Crippen LogP contribution is -2.43. The quantitative estimate of drug-likeness (QED) is 0.788. The van der Waals surface area contributed by atoms with Crippen LogP contribution in [0.1, 0.15) is 12.0 Å². The van der Waals surface area contributed by atoms with Gasteiger partial charge >= 0.3 is 12.1 Å². The molecule has 2 saturated heterocycles. The SMILES string of the molecule is COc1ccc(CC(=O)N2CCOCC3(CCN(C)C3)C2)cc1.O=C(O)C(F)(F)F. The zero-order valence-electron chi connectivity index (χ0n) is 17.1. The molecule has 1 aromatic rings. The van der Waals surface area contributed by atoms with Crippen LogP contribution in [0.2, 0.25) is 0 Å². The molecule has 10 heteroatoms. The highest BCUT2D eigenvalue weighted by Gasteiger charge is 2.41. The van der Waals surface area contributed by atoms with Crippen molar-refractivity contribution in [1.82, 2.24) is 9.80 Å². The van der Waals surface area contributed by atoms with Crippen LogP contribution >= 0.6 is 0 Å². The Balaban J connectivity index is 0.000000396. The number of nitrogens with zero attached hydrogens (tertiary/aromatic N) is 2. The number of amides is 1. The summed E-state index contributed by atoms with van der Waals surface area (Å²) >= 11 is 0. The third-order valence-corrected chi connectivity index (χ3v) is 5.18. The van der Waals surface area contributed by atoms with Crippen LogP contribution < -0.4 is 4.74 Å². The van der Waals surface area contributed by atoms with Gasteiger partial charge in [-0.15, -0.1) is 0 Å². The van der Waals surface area contributed by atoms with Gasteiger partial charge in [-0.1, -0.05) is 12.1 Å². The van der Waals surface area contributed by atoms with E-state index in [0.717, 1.165) is 44.0 Å². The third-order valence-electron chi connectivity index (χ3n) is 5.18. The summed E-state index contributed by atoms with van der Waals surface area (Å²) in [5.41, 5.74) is 1.14. The average Bonchev–Trinajstić information content (AvgIpc) is 2.91. The number of carboxylic acid groups (broad SMARTS) is 1. The first-order chi connectivity index (χ1) is 14.0. The van der Waals surface area contributed by atoms with E-state index in [4.69, 9.17) is 19.4 Å². The molecule has 0 bridgehead atoms. The number of alkyl halides is 3. The number of likely N-dealkylation sites (tertiary alicyclic amines) is 1. The molecule has 2 aliphatic rings. The summed E-state index contributed by atoms with van der Waals surface area (Å²) in [5.74, 6) is -1.75. The van der Waals surface area contributed by atoms with Gasteiger partial charge < -0.3 is 24.4 Å². The van der Waals surface area contributed by atoms with Crippen molar-refractivity contribution in [3.63, 3.8) is 0 Å². The first-order valence-electron chi connectivity index (χ1n) is 9.52. The molecule has 0 aliphatic carbocycles. The molecule has 1 N–H and O–H groups in total. The van der Waals surface area contributed by atoms with Crippen molar-refractivity contribution in [2.45, 2.75) is 19.0 Å². The number of ether oxygens (including phenoxy) is 2. The van der Waals surface area contributed by atoms with Gasteiger partial charge in [0.05, 0.1) is 26.7 Å². The summed E-state index contributed by atoms with van der Waals surface area (Å²) in [4.78, 5) is 25.9. The first-order valence-corrected chi connectivity index (χ1v) is 9.52. The number of rotatable bonds is 3. The normalized spacial score (nSPS) is 22.2. The molecule has 2 fully saturated rings. The van der Waals surface area contributed by atoms with Crippen molar-refractivity contribution in [3.05, 3.63) is 29.8 Å². The van der Waals surface area contributed by atoms with E-state index in [1.807, 2.05) is 29.2 Å². The maximum atomic E-state index is 12.7. The van der Waals surface area contributed by atoms with Gasteiger partial charge in [-0.25, -0.2) is 4.79 Å². The van der Waals surface area contributed by atoms with Crippen LogP contribution in [-0.2, 0) is 20.7 Å². The molecule has 168 valence electrons. The fraction of sp³-hybridized carbons (Fsp3) is 0.600. The monoisotopic (exact) mass is 432 g/mol. The topological polar surface area (TPSA) is 79.3 Å². The number of carboxylic acids is 1. The first kappa shape index (κ1) is 23.9. The third kappa shape index (κ3) is 6.88. The summed E-state index contributed by atoms with van der Waals surface area (Å²) < 4.78 is 42.7. The Hall–Kier alpha value is -2.33. The number of carbonyl (C=O) groups is 2. The highest BCUT2D eigenvalue weighted by molar-refractivity contribution is 5.79. The number of halogens is 3. The Bertz CT molecular complexity index is 726. The van der Waals surface area contributed by atoms with E-state index in [-0.39, 0.29) is 11.3 Å². The number of aliphatic carboxylic acids is 1. The lowest BCUT2D eigenvalue weighted by molar-refractivity contribution is -0.192. The highest BCUT2D eigenvalue weighted by Crippen LogP contribution is 2.32. The van der Waals surface area contributed by atoms with Crippen LogP contribution in [-0.4, -0.2) is 86.5 Å². The van der Waals surface area contributed by atoms with E-state index in [0.29, 0.717) is 19.6 Å². The molecule has 30 heavy (non-hydrogen) atoms. The van der Waals surface area contributed by atoms with E-state index < -0.39 is 12.1 Å². The van der Waals surface area contributed by atoms with Gasteiger partial charge in [0.25, 0.3) is 0 Å². The van der Waals surface area contributed by atoms with Gasteiger partial charge in [-0.05, 0) is 37.7 Å². The van der Waals surface area contributed by atoms with Gasteiger partial charge in [0.15, 0.2) is 0 Å². The lowest BCUT2D eigenvalue weighted by Gasteiger charge is -2.31. The summed E-state index contributed by atoms with van der Waals surface area (Å²) in [6.07, 6.45) is -3.54. The molecule has 2 heterocycles. The minimum absolute atomic E-state index is 0.112. The molecule has 2 aliphatic heterocycles. The summed E-state index contributed by atoms with van der Waals surface area (Å²) in [6.45, 7) is 5.01. The number of methoxy groups -OCH3 is 1. The van der Waals surface area contributed by atoms with E-state index in [1.165, 1.54) is 0 Å². The summed E-state index contributed by atoms with van der Waals surface area (Å²) in [6, 6.07) is 7.73. The minimum Gasteiger partial charge on any atom is -0.497 e. The Morgan fingerprint density at radius 2 is 1.83 bits per heavy atom. The maximum Gasteiger partial charge on any atom is 0.490 e. The van der Waals surface area contributed by atoms with Gasteiger partial charge in [-0.3, -0.25) is 4.79 Å². The Morgan fingerprint density at radius 1 is 1.20 bits per heavy atom. The van der Waals surface area contributed by atoms with E-state index in [2.05, 4.69) is 11.9 Å². The van der Waals surface area contributed by atoms with Crippen LogP contribution in [0.4, 0.5) is 13.2 Å². The Kier molecular flexibility index (Phi) is 8.08. The average molecular weight is 432 g/mol. The second kappa shape index (κ2) is 10.1. The molecule has 0 aromatic heterocycles. The minimum atomic E-state index is -5.08. The zero-order valence-corrected chi connectivity index (χ0v) is 17.1. The van der Waals surface area contributed by atoms with Crippen molar-refractivity contribution < 1.29 is 37.3 Å². The predicted molar refractivity (Wildman–Crippen MR) is 102 cm³/mol. The molecule has 0 saturated carbocycles. The van der Waals surface area contributed by atoms with Crippen LogP contribution in [0.15, 0.2) is 24.3 Å². The molecule has 3 rings (SSSR count). The van der Waals surface area contributed by atoms with Crippen LogP contribution in [0.5, 0.6) is 5.75 Å². The molecule has 1 spiro atoms. The standard InChI is InChI=1S/C18H26N2O3.C2HF3O2/c1-19-8-7-18(12-19)13-20(9-10-23-14-18)17(21)11-15-3-5-16(22-2)6-4-15;3-2(4,5)1(6)7/h3-6H,7-14H2,1-2H3;(H,6,7). The van der Waals surface area contributed by atoms with Gasteiger partial charge in [0.1, 0.15) is 5.75 Å². The molecule has 0 radical (unpaired) electrons. The van der Waals surface area contributed by atoms with E-state index >= 15 is 0 Å². The maximum absolute atomic E-state index is 12.7. The van der Waals surface area contributed by atoms with Crippen LogP contribution in [0.25, 0.3) is 0 Å². The number of hydrogen-bond acceptors (Lipinski definition) is 5. The van der Waals surface area contributed by atoms with E-state index in [1.54, 1.807) is 7.11 Å². The molecule has 1 atom stereocenters. The van der Waals surface area contributed by atoms with Crippen molar-refractivity contribution in [3.8, 4) is 5.75 Å². The summed E-state index contributed by atoms with van der Waals surface area (Å²) in [5, 5.41) is 7.12. The predicted octanol–water partition coefficient (Wildman–Crippen LogP) is 2.05. The second-order valence-electron chi connectivity index (χ2n) is 7.68. The smallest absolute Gasteiger partial charge is 0.490 e. The van der Waals surface area contributed by atoms with Crippen molar-refractivity contribution in [2.75, 3.05) is 53.6 Å². The largest absolute Gasteiger partial charge is 0.497 e. The van der Waals surface area contributed by atoms with Gasteiger partial charge in [-0.2, -0.15) is 13.2 Å². The van der Waals surface area contributed by atoms with Crippen molar-refractivity contribution in [1.29, 1.82) is 0 Å². The second-order valence-corrected chi connectivity index (χ2v) is 7.68. The summed E-state index contributed by atoms with van der Waals surface area (Å²) in [7, 11) is 3.79. The Morgan fingerprint density at radius 3 is 2.33 bits per heavy atom. The lowest BCUT2D eigenvalue weighted by atomic mass is 9.87. The van der Waals surface area contributed by atoms with Crippen LogP contribution in [0.3, 0.4) is 0 Å². The van der Waals surface area contributed by atoms with Crippen molar-refractivity contribution in [2.24, 2.45) is 5.41 Å². The molecular formula is C20H27F3N2O5. The molecule has 1 unspecified atom stereocenters. The fourth-order valence-electron chi connectivity index (χ4n) is 3.64. The highest BCUT2D eigenvalue weighted by atomic mass is 19.4. The molecule has 1 amide bonds.